The van der Waals surface area contributed by atoms with Crippen molar-refractivity contribution in [2.75, 3.05) is 5.75 Å². The van der Waals surface area contributed by atoms with Crippen molar-refractivity contribution >= 4 is 9.84 Å². The van der Waals surface area contributed by atoms with E-state index in [1.807, 2.05) is 37.3 Å². The molecule has 0 spiro atoms. The molecule has 2 N–H and O–H groups in total. The summed E-state index contributed by atoms with van der Waals surface area (Å²) in [6.07, 6.45) is 2.49. The van der Waals surface area contributed by atoms with Gasteiger partial charge in [0.25, 0.3) is 0 Å². The van der Waals surface area contributed by atoms with E-state index in [0.29, 0.717) is 0 Å². The van der Waals surface area contributed by atoms with Gasteiger partial charge in [0.1, 0.15) is 5.60 Å². The minimum atomic E-state index is -3.68. The first kappa shape index (κ1) is 17.9. The van der Waals surface area contributed by atoms with Crippen molar-refractivity contribution in [1.29, 1.82) is 0 Å². The zero-order chi connectivity index (χ0) is 18.1. The average Bonchev–Trinajstić information content (AvgIpc) is 2.58. The molecular formula is C20H22O4S. The average molecular weight is 358 g/mol. The van der Waals surface area contributed by atoms with Crippen LogP contribution in [0, 0.1) is 6.92 Å². The highest BCUT2D eigenvalue weighted by atomic mass is 32.2. The monoisotopic (exact) mass is 358 g/mol. The van der Waals surface area contributed by atoms with Crippen molar-refractivity contribution < 1.29 is 18.6 Å². The molecule has 0 radical (unpaired) electrons. The molecular weight excluding hydrogens is 336 g/mol. The van der Waals surface area contributed by atoms with E-state index in [1.165, 1.54) is 12.2 Å². The van der Waals surface area contributed by atoms with Gasteiger partial charge in [-0.3, -0.25) is 0 Å². The van der Waals surface area contributed by atoms with Crippen LogP contribution < -0.4 is 0 Å². The fourth-order valence-electron chi connectivity index (χ4n) is 3.31. The van der Waals surface area contributed by atoms with Crippen LogP contribution in [0.3, 0.4) is 0 Å². The molecule has 5 heteroatoms. The number of benzene rings is 2. The van der Waals surface area contributed by atoms with Crippen molar-refractivity contribution in [3.05, 3.63) is 77.9 Å². The maximum absolute atomic E-state index is 12.8. The van der Waals surface area contributed by atoms with Crippen molar-refractivity contribution in [2.45, 2.75) is 35.9 Å². The Bertz CT molecular complexity index is 856. The van der Waals surface area contributed by atoms with Gasteiger partial charge in [0.05, 0.1) is 16.8 Å². The van der Waals surface area contributed by atoms with E-state index < -0.39 is 33.2 Å². The van der Waals surface area contributed by atoms with Crippen molar-refractivity contribution in [1.82, 2.24) is 0 Å². The van der Waals surface area contributed by atoms with Gasteiger partial charge in [-0.1, -0.05) is 60.2 Å². The highest BCUT2D eigenvalue weighted by molar-refractivity contribution is 7.91. The van der Waals surface area contributed by atoms with Gasteiger partial charge in [-0.15, -0.1) is 0 Å². The zero-order valence-electron chi connectivity index (χ0n) is 14.0. The molecule has 0 fully saturated rings. The molecule has 25 heavy (non-hydrogen) atoms. The summed E-state index contributed by atoms with van der Waals surface area (Å²) in [7, 11) is -3.68. The summed E-state index contributed by atoms with van der Waals surface area (Å²) in [6.45, 7) is 1.89. The summed E-state index contributed by atoms with van der Waals surface area (Å²) in [5.41, 5.74) is 0.220. The highest BCUT2D eigenvalue weighted by Gasteiger charge is 2.43. The second-order valence-corrected chi connectivity index (χ2v) is 8.68. The predicted molar refractivity (Wildman–Crippen MR) is 97.1 cm³/mol. The van der Waals surface area contributed by atoms with Gasteiger partial charge in [-0.05, 0) is 31.0 Å². The number of aliphatic hydroxyl groups excluding tert-OH is 1. The van der Waals surface area contributed by atoms with Crippen LogP contribution in [-0.4, -0.2) is 36.1 Å². The standard InChI is InChI=1S/C20H22O4S/c1-15-7-9-18(10-8-15)25(23,24)14-20(22)12-11-17(21)13-19(20)16-5-3-2-4-6-16/h2-12,17,19,21-22H,13-14H2,1H3/t17?,19-,20+/m1/s1. The minimum absolute atomic E-state index is 0.192. The molecule has 1 aliphatic carbocycles. The predicted octanol–water partition coefficient (Wildman–Crippen LogP) is 2.60. The number of aliphatic hydroxyl groups is 2. The molecule has 1 aliphatic rings. The third-order valence-corrected chi connectivity index (χ3v) is 6.52. The molecule has 1 unspecified atom stereocenters. The quantitative estimate of drug-likeness (QED) is 0.824. The Labute approximate surface area is 148 Å². The SMILES string of the molecule is Cc1ccc(S(=O)(=O)C[C@@]2(O)C=CC(O)C[C@@H]2c2ccccc2)cc1. The Hall–Kier alpha value is -1.95. The van der Waals surface area contributed by atoms with Gasteiger partial charge in [-0.25, -0.2) is 8.42 Å². The van der Waals surface area contributed by atoms with E-state index >= 15 is 0 Å². The van der Waals surface area contributed by atoms with Crippen LogP contribution >= 0.6 is 0 Å². The van der Waals surface area contributed by atoms with Crippen LogP contribution in [0.2, 0.25) is 0 Å². The molecule has 4 nitrogen and oxygen atoms in total. The Morgan fingerprint density at radius 2 is 1.72 bits per heavy atom. The van der Waals surface area contributed by atoms with Crippen LogP contribution in [0.15, 0.2) is 71.6 Å². The first-order valence-corrected chi connectivity index (χ1v) is 9.89. The van der Waals surface area contributed by atoms with Gasteiger partial charge in [0.2, 0.25) is 0 Å². The van der Waals surface area contributed by atoms with Crippen LogP contribution in [0.25, 0.3) is 0 Å². The summed E-state index contributed by atoms with van der Waals surface area (Å²) < 4.78 is 25.6. The van der Waals surface area contributed by atoms with Gasteiger partial charge >= 0.3 is 0 Å². The lowest BCUT2D eigenvalue weighted by Crippen LogP contribution is -2.45. The third-order valence-electron chi connectivity index (χ3n) is 4.69. The number of rotatable bonds is 4. The van der Waals surface area contributed by atoms with Gasteiger partial charge in [0, 0.05) is 5.92 Å². The smallest absolute Gasteiger partial charge is 0.181 e. The van der Waals surface area contributed by atoms with Crippen LogP contribution in [0.1, 0.15) is 23.5 Å². The molecule has 0 aromatic heterocycles. The van der Waals surface area contributed by atoms with E-state index in [-0.39, 0.29) is 11.3 Å². The molecule has 3 atom stereocenters. The fraction of sp³-hybridized carbons (Fsp3) is 0.300. The molecule has 0 amide bonds. The number of aryl methyl sites for hydroxylation is 1. The first-order valence-electron chi connectivity index (χ1n) is 8.24. The molecule has 0 heterocycles. The second kappa shape index (κ2) is 6.75. The second-order valence-electron chi connectivity index (χ2n) is 6.69. The lowest BCUT2D eigenvalue weighted by atomic mass is 9.76. The van der Waals surface area contributed by atoms with E-state index in [4.69, 9.17) is 0 Å². The van der Waals surface area contributed by atoms with Crippen molar-refractivity contribution in [3.63, 3.8) is 0 Å². The third kappa shape index (κ3) is 3.84. The largest absolute Gasteiger partial charge is 0.389 e. The van der Waals surface area contributed by atoms with E-state index in [2.05, 4.69) is 0 Å². The fourth-order valence-corrected chi connectivity index (χ4v) is 4.93. The molecule has 2 aromatic rings. The molecule has 0 saturated carbocycles. The molecule has 0 aliphatic heterocycles. The van der Waals surface area contributed by atoms with Gasteiger partial charge in [-0.2, -0.15) is 0 Å². The van der Waals surface area contributed by atoms with E-state index in [0.717, 1.165) is 11.1 Å². The first-order chi connectivity index (χ1) is 11.8. The van der Waals surface area contributed by atoms with Gasteiger partial charge in [0.15, 0.2) is 9.84 Å². The lowest BCUT2D eigenvalue weighted by Gasteiger charge is -2.38. The maximum Gasteiger partial charge on any atom is 0.181 e. The Kier molecular flexibility index (Phi) is 4.82. The Morgan fingerprint density at radius 3 is 2.36 bits per heavy atom. The molecule has 0 bridgehead atoms. The maximum atomic E-state index is 12.8. The molecule has 2 aromatic carbocycles. The van der Waals surface area contributed by atoms with Crippen molar-refractivity contribution in [3.8, 4) is 0 Å². The summed E-state index contributed by atoms with van der Waals surface area (Å²) in [4.78, 5) is 0.192. The summed E-state index contributed by atoms with van der Waals surface area (Å²) in [6, 6.07) is 15.8. The van der Waals surface area contributed by atoms with Crippen LogP contribution in [0.4, 0.5) is 0 Å². The highest BCUT2D eigenvalue weighted by Crippen LogP contribution is 2.39. The normalized spacial score (nSPS) is 26.5. The number of hydrogen-bond donors (Lipinski definition) is 2. The van der Waals surface area contributed by atoms with E-state index in [9.17, 15) is 18.6 Å². The topological polar surface area (TPSA) is 74.6 Å². The Morgan fingerprint density at radius 1 is 1.08 bits per heavy atom. The number of sulfone groups is 1. The molecule has 3 rings (SSSR count). The van der Waals surface area contributed by atoms with Crippen molar-refractivity contribution in [2.24, 2.45) is 0 Å². The Balaban J connectivity index is 1.97. The van der Waals surface area contributed by atoms with Gasteiger partial charge < -0.3 is 10.2 Å². The summed E-state index contributed by atoms with van der Waals surface area (Å²) in [5, 5.41) is 21.1. The molecule has 132 valence electrons. The van der Waals surface area contributed by atoms with Crippen LogP contribution in [0.5, 0.6) is 0 Å². The van der Waals surface area contributed by atoms with Crippen LogP contribution in [-0.2, 0) is 9.84 Å². The summed E-state index contributed by atoms with van der Waals surface area (Å²) in [5.74, 6) is -0.916. The zero-order valence-corrected chi connectivity index (χ0v) is 14.9. The van der Waals surface area contributed by atoms with E-state index in [1.54, 1.807) is 24.3 Å². The molecule has 0 saturated heterocycles. The number of hydrogen-bond acceptors (Lipinski definition) is 4. The summed E-state index contributed by atoms with van der Waals surface area (Å²) >= 11 is 0. The lowest BCUT2D eigenvalue weighted by molar-refractivity contribution is 0.0489. The minimum Gasteiger partial charge on any atom is -0.389 e.